The number of aliphatic hydroxyl groups excluding tert-OH is 1. The van der Waals surface area contributed by atoms with Gasteiger partial charge in [0.15, 0.2) is 6.79 Å². The van der Waals surface area contributed by atoms with Gasteiger partial charge in [-0.05, 0) is 15.1 Å². The van der Waals surface area contributed by atoms with Crippen LogP contribution in [0.4, 0.5) is 0 Å². The van der Waals surface area contributed by atoms with E-state index in [1.165, 1.54) is 7.11 Å². The zero-order valence-electron chi connectivity index (χ0n) is 4.20. The summed E-state index contributed by atoms with van der Waals surface area (Å²) in [6.45, 7) is -0.618. The molecule has 0 saturated heterocycles. The Morgan fingerprint density at radius 3 is 2.50 bits per heavy atom. The summed E-state index contributed by atoms with van der Waals surface area (Å²) < 4.78 is 0. The standard InChI is InChI=1S/C2H6O6/c1-4-6-8-7-5-2-3/h3H,2H2,1H3. The van der Waals surface area contributed by atoms with Gasteiger partial charge in [0.1, 0.15) is 0 Å². The Morgan fingerprint density at radius 2 is 2.00 bits per heavy atom. The normalized spacial score (nSPS) is 9.75. The Bertz CT molecular complexity index is 31.5. The second-order valence-corrected chi connectivity index (χ2v) is 0.618. The molecule has 0 heterocycles. The van der Waals surface area contributed by atoms with Crippen LogP contribution in [0.5, 0.6) is 0 Å². The van der Waals surface area contributed by atoms with Gasteiger partial charge in [-0.15, -0.1) is 0 Å². The fourth-order valence-corrected chi connectivity index (χ4v) is 0.0803. The van der Waals surface area contributed by atoms with Crippen molar-refractivity contribution in [1.82, 2.24) is 0 Å². The maximum absolute atomic E-state index is 7.84. The number of hydrogen-bond donors (Lipinski definition) is 1. The highest BCUT2D eigenvalue weighted by molar-refractivity contribution is 3.61. The summed E-state index contributed by atoms with van der Waals surface area (Å²) in [5.41, 5.74) is 0. The van der Waals surface area contributed by atoms with Crippen molar-refractivity contribution in [2.24, 2.45) is 0 Å². The summed E-state index contributed by atoms with van der Waals surface area (Å²) in [5, 5.41) is 18.8. The van der Waals surface area contributed by atoms with Crippen LogP contribution < -0.4 is 0 Å². The maximum atomic E-state index is 7.84. The molecule has 0 fully saturated rings. The van der Waals surface area contributed by atoms with E-state index in [2.05, 4.69) is 24.9 Å². The second-order valence-electron chi connectivity index (χ2n) is 0.618. The lowest BCUT2D eigenvalue weighted by molar-refractivity contribution is -0.709. The quantitative estimate of drug-likeness (QED) is 0.227. The second kappa shape index (κ2) is 6.76. The third kappa shape index (κ3) is 5.76. The SMILES string of the molecule is COOOOOCO. The van der Waals surface area contributed by atoms with Crippen molar-refractivity contribution in [3.8, 4) is 0 Å². The van der Waals surface area contributed by atoms with Gasteiger partial charge in [-0.2, -0.15) is 4.89 Å². The van der Waals surface area contributed by atoms with Crippen LogP contribution in [0.2, 0.25) is 0 Å². The molecule has 0 aliphatic carbocycles. The molecular weight excluding hydrogens is 120 g/mol. The van der Waals surface area contributed by atoms with Crippen LogP contribution in [-0.2, 0) is 24.9 Å². The van der Waals surface area contributed by atoms with Gasteiger partial charge in [-0.1, -0.05) is 0 Å². The van der Waals surface area contributed by atoms with E-state index in [9.17, 15) is 0 Å². The average Bonchev–Trinajstić information content (AvgIpc) is 1.81. The summed E-state index contributed by atoms with van der Waals surface area (Å²) in [7, 11) is 1.21. The van der Waals surface area contributed by atoms with Crippen LogP contribution in [0.25, 0.3) is 0 Å². The Hall–Kier alpha value is -0.240. The predicted molar refractivity (Wildman–Crippen MR) is 18.4 cm³/mol. The fraction of sp³-hybridized carbons (Fsp3) is 1.00. The molecule has 0 aromatic rings. The zero-order valence-corrected chi connectivity index (χ0v) is 4.20. The molecule has 0 amide bonds. The molecule has 1 N–H and O–H groups in total. The van der Waals surface area contributed by atoms with E-state index in [0.717, 1.165) is 0 Å². The van der Waals surface area contributed by atoms with E-state index < -0.39 is 6.79 Å². The monoisotopic (exact) mass is 126 g/mol. The minimum atomic E-state index is -0.618. The molecule has 0 radical (unpaired) electrons. The molecule has 0 aliphatic heterocycles. The molecule has 0 aromatic carbocycles. The molecule has 8 heavy (non-hydrogen) atoms. The van der Waals surface area contributed by atoms with Gasteiger partial charge in [0.25, 0.3) is 0 Å². The summed E-state index contributed by atoms with van der Waals surface area (Å²) >= 11 is 0. The highest BCUT2D eigenvalue weighted by atomic mass is 17.8. The van der Waals surface area contributed by atoms with Crippen LogP contribution in [0.15, 0.2) is 0 Å². The van der Waals surface area contributed by atoms with E-state index >= 15 is 0 Å². The van der Waals surface area contributed by atoms with Crippen LogP contribution in [0.1, 0.15) is 0 Å². The first-order valence-electron chi connectivity index (χ1n) is 1.68. The molecule has 0 unspecified atom stereocenters. The van der Waals surface area contributed by atoms with Gasteiger partial charge >= 0.3 is 0 Å². The molecule has 0 aliphatic rings. The van der Waals surface area contributed by atoms with E-state index in [4.69, 9.17) is 5.11 Å². The summed E-state index contributed by atoms with van der Waals surface area (Å²) in [6, 6.07) is 0. The lowest BCUT2D eigenvalue weighted by atomic mass is 11.5. The van der Waals surface area contributed by atoms with Gasteiger partial charge in [-0.25, -0.2) is 4.89 Å². The molecular formula is C2H6O6. The van der Waals surface area contributed by atoms with Crippen molar-refractivity contribution in [1.29, 1.82) is 0 Å². The van der Waals surface area contributed by atoms with Crippen molar-refractivity contribution in [3.63, 3.8) is 0 Å². The highest BCUT2D eigenvalue weighted by Crippen LogP contribution is 1.80. The Labute approximate surface area is 45.2 Å². The predicted octanol–water partition coefficient (Wildman–Crippen LogP) is -0.691. The zero-order chi connectivity index (χ0) is 6.24. The van der Waals surface area contributed by atoms with Gasteiger partial charge < -0.3 is 5.11 Å². The van der Waals surface area contributed by atoms with Gasteiger partial charge in [0.05, 0.1) is 7.11 Å². The molecule has 0 bridgehead atoms. The average molecular weight is 126 g/mol. The smallest absolute Gasteiger partial charge is 0.181 e. The topological polar surface area (TPSA) is 66.4 Å². The molecule has 50 valence electrons. The summed E-state index contributed by atoms with van der Waals surface area (Å²) in [4.78, 5) is 7.64. The molecule has 0 spiro atoms. The first-order valence-corrected chi connectivity index (χ1v) is 1.68. The van der Waals surface area contributed by atoms with E-state index in [0.29, 0.717) is 0 Å². The third-order valence-corrected chi connectivity index (χ3v) is 0.224. The van der Waals surface area contributed by atoms with Crippen LogP contribution in [-0.4, -0.2) is 19.0 Å². The molecule has 0 rings (SSSR count). The number of aliphatic hydroxyl groups is 1. The van der Waals surface area contributed by atoms with Crippen molar-refractivity contribution in [2.45, 2.75) is 0 Å². The molecule has 6 nitrogen and oxygen atoms in total. The fourth-order valence-electron chi connectivity index (χ4n) is 0.0803. The number of rotatable bonds is 5. The Morgan fingerprint density at radius 1 is 1.25 bits per heavy atom. The first kappa shape index (κ1) is 7.76. The van der Waals surface area contributed by atoms with Crippen LogP contribution in [0, 0.1) is 0 Å². The van der Waals surface area contributed by atoms with E-state index in [-0.39, 0.29) is 0 Å². The Kier molecular flexibility index (Phi) is 6.56. The van der Waals surface area contributed by atoms with Crippen molar-refractivity contribution in [3.05, 3.63) is 0 Å². The summed E-state index contributed by atoms with van der Waals surface area (Å²) in [6.07, 6.45) is 0. The van der Waals surface area contributed by atoms with E-state index in [1.54, 1.807) is 0 Å². The highest BCUT2D eigenvalue weighted by Gasteiger charge is 1.84. The van der Waals surface area contributed by atoms with E-state index in [1.807, 2.05) is 0 Å². The maximum Gasteiger partial charge on any atom is 0.181 e. The Balaban J connectivity index is 2.53. The minimum absolute atomic E-state index is 0.618. The minimum Gasteiger partial charge on any atom is -0.368 e. The van der Waals surface area contributed by atoms with Gasteiger partial charge in [0, 0.05) is 0 Å². The van der Waals surface area contributed by atoms with Crippen LogP contribution >= 0.6 is 0 Å². The lowest BCUT2D eigenvalue weighted by Crippen LogP contribution is -1.97. The third-order valence-electron chi connectivity index (χ3n) is 0.224. The lowest BCUT2D eigenvalue weighted by Gasteiger charge is -1.94. The number of hydrogen-bond acceptors (Lipinski definition) is 6. The molecule has 0 saturated carbocycles. The van der Waals surface area contributed by atoms with Crippen molar-refractivity contribution < 1.29 is 30.0 Å². The summed E-state index contributed by atoms with van der Waals surface area (Å²) in [5.74, 6) is 0. The van der Waals surface area contributed by atoms with Crippen molar-refractivity contribution in [2.75, 3.05) is 13.9 Å². The first-order chi connectivity index (χ1) is 3.91. The molecule has 6 heteroatoms. The largest absolute Gasteiger partial charge is 0.368 e. The van der Waals surface area contributed by atoms with Crippen molar-refractivity contribution >= 4 is 0 Å². The van der Waals surface area contributed by atoms with Gasteiger partial charge in [0.2, 0.25) is 0 Å². The van der Waals surface area contributed by atoms with Gasteiger partial charge in [-0.3, -0.25) is 0 Å². The molecule has 0 atom stereocenters. The van der Waals surface area contributed by atoms with Crippen LogP contribution in [0.3, 0.4) is 0 Å². The molecule has 0 aromatic heterocycles.